The first kappa shape index (κ1) is 17.1. The van der Waals surface area contributed by atoms with Crippen LogP contribution in [0.4, 0.5) is 10.1 Å². The highest BCUT2D eigenvalue weighted by Gasteiger charge is 2.12. The zero-order chi connectivity index (χ0) is 17.5. The third kappa shape index (κ3) is 4.88. The van der Waals surface area contributed by atoms with E-state index in [2.05, 4.69) is 22.3 Å². The van der Waals surface area contributed by atoms with E-state index in [-0.39, 0.29) is 5.82 Å². The number of halogens is 1. The van der Waals surface area contributed by atoms with Gasteiger partial charge in [-0.15, -0.1) is 0 Å². The van der Waals surface area contributed by atoms with Gasteiger partial charge in [0.2, 0.25) is 0 Å². The molecule has 0 amide bonds. The van der Waals surface area contributed by atoms with Crippen molar-refractivity contribution in [3.05, 3.63) is 102 Å². The predicted octanol–water partition coefficient (Wildman–Crippen LogP) is 4.91. The van der Waals surface area contributed by atoms with Crippen molar-refractivity contribution in [1.29, 1.82) is 0 Å². The summed E-state index contributed by atoms with van der Waals surface area (Å²) < 4.78 is 13.0. The number of para-hydroxylation sites is 1. The van der Waals surface area contributed by atoms with Gasteiger partial charge < -0.3 is 10.2 Å². The Kier molecular flexibility index (Phi) is 5.75. The van der Waals surface area contributed by atoms with Gasteiger partial charge in [0, 0.05) is 12.2 Å². The molecule has 0 bridgehead atoms. The Morgan fingerprint density at radius 3 is 2.04 bits per heavy atom. The maximum atomic E-state index is 13.0. The number of rotatable bonds is 5. The van der Waals surface area contributed by atoms with Crippen molar-refractivity contribution < 1.29 is 4.39 Å². The maximum Gasteiger partial charge on any atom is 0.174 e. The summed E-state index contributed by atoms with van der Waals surface area (Å²) in [6, 6.07) is 26.7. The number of nitrogens with zero attached hydrogens (tertiary/aromatic N) is 1. The molecule has 0 aromatic heterocycles. The molecule has 0 aliphatic heterocycles. The van der Waals surface area contributed by atoms with Crippen LogP contribution < -0.4 is 10.2 Å². The third-order valence-electron chi connectivity index (χ3n) is 3.85. The summed E-state index contributed by atoms with van der Waals surface area (Å²) in [7, 11) is 0. The van der Waals surface area contributed by atoms with Crippen LogP contribution in [0.5, 0.6) is 0 Å². The van der Waals surface area contributed by atoms with E-state index in [1.807, 2.05) is 48.5 Å². The maximum absolute atomic E-state index is 13.0. The van der Waals surface area contributed by atoms with Crippen LogP contribution in [0.15, 0.2) is 84.9 Å². The van der Waals surface area contributed by atoms with E-state index in [0.29, 0.717) is 18.2 Å². The predicted molar refractivity (Wildman–Crippen MR) is 105 cm³/mol. The van der Waals surface area contributed by atoms with E-state index < -0.39 is 0 Å². The molecular formula is C21H19FN2S. The molecule has 0 heterocycles. The van der Waals surface area contributed by atoms with Gasteiger partial charge in [0.15, 0.2) is 5.11 Å². The Labute approximate surface area is 152 Å². The van der Waals surface area contributed by atoms with E-state index in [9.17, 15) is 4.39 Å². The molecule has 0 aliphatic carbocycles. The lowest BCUT2D eigenvalue weighted by Gasteiger charge is -2.26. The largest absolute Gasteiger partial charge is 0.358 e. The molecule has 0 fully saturated rings. The second kappa shape index (κ2) is 8.40. The molecule has 0 spiro atoms. The molecule has 0 saturated carbocycles. The van der Waals surface area contributed by atoms with Gasteiger partial charge in [-0.1, -0.05) is 60.7 Å². The van der Waals surface area contributed by atoms with Gasteiger partial charge in [0.1, 0.15) is 5.82 Å². The molecule has 2 nitrogen and oxygen atoms in total. The molecule has 0 radical (unpaired) electrons. The number of thiocarbonyl (C=S) groups is 1. The van der Waals surface area contributed by atoms with Gasteiger partial charge in [-0.2, -0.15) is 0 Å². The van der Waals surface area contributed by atoms with Crippen LogP contribution in [0.1, 0.15) is 11.1 Å². The summed E-state index contributed by atoms with van der Waals surface area (Å²) in [5.74, 6) is -0.235. The molecule has 0 atom stereocenters. The van der Waals surface area contributed by atoms with Crippen LogP contribution in [0.2, 0.25) is 0 Å². The van der Waals surface area contributed by atoms with Crippen molar-refractivity contribution >= 4 is 23.0 Å². The summed E-state index contributed by atoms with van der Waals surface area (Å²) in [6.45, 7) is 1.23. The quantitative estimate of drug-likeness (QED) is 0.659. The molecule has 1 N–H and O–H groups in total. The summed E-state index contributed by atoms with van der Waals surface area (Å²) in [6.07, 6.45) is 0. The molecule has 3 aromatic carbocycles. The number of hydrogen-bond acceptors (Lipinski definition) is 1. The van der Waals surface area contributed by atoms with Crippen LogP contribution >= 0.6 is 12.2 Å². The lowest BCUT2D eigenvalue weighted by atomic mass is 10.2. The van der Waals surface area contributed by atoms with E-state index >= 15 is 0 Å². The highest BCUT2D eigenvalue weighted by atomic mass is 32.1. The zero-order valence-electron chi connectivity index (χ0n) is 13.7. The molecule has 3 rings (SSSR count). The van der Waals surface area contributed by atoms with Gasteiger partial charge in [-0.3, -0.25) is 0 Å². The van der Waals surface area contributed by atoms with Crippen molar-refractivity contribution in [1.82, 2.24) is 5.32 Å². The molecular weight excluding hydrogens is 331 g/mol. The molecule has 0 unspecified atom stereocenters. The number of nitrogens with one attached hydrogen (secondary N) is 1. The third-order valence-corrected chi connectivity index (χ3v) is 4.22. The lowest BCUT2D eigenvalue weighted by Crippen LogP contribution is -2.39. The van der Waals surface area contributed by atoms with Crippen molar-refractivity contribution in [2.75, 3.05) is 4.90 Å². The number of benzene rings is 3. The molecule has 0 aliphatic rings. The fraction of sp³-hybridized carbons (Fsp3) is 0.0952. The van der Waals surface area contributed by atoms with Gasteiger partial charge in [0.25, 0.3) is 0 Å². The Bertz CT molecular complexity index is 804. The van der Waals surface area contributed by atoms with Gasteiger partial charge >= 0.3 is 0 Å². The van der Waals surface area contributed by atoms with Crippen molar-refractivity contribution in [3.63, 3.8) is 0 Å². The van der Waals surface area contributed by atoms with E-state index in [1.54, 1.807) is 12.1 Å². The summed E-state index contributed by atoms with van der Waals surface area (Å²) in [4.78, 5) is 2.06. The van der Waals surface area contributed by atoms with Crippen LogP contribution in [-0.4, -0.2) is 5.11 Å². The van der Waals surface area contributed by atoms with E-state index in [0.717, 1.165) is 11.3 Å². The highest BCUT2D eigenvalue weighted by Crippen LogP contribution is 2.17. The highest BCUT2D eigenvalue weighted by molar-refractivity contribution is 7.80. The zero-order valence-corrected chi connectivity index (χ0v) is 14.5. The SMILES string of the molecule is Fc1ccc(CNC(=S)N(Cc2ccccc2)c2ccccc2)cc1. The van der Waals surface area contributed by atoms with Gasteiger partial charge in [-0.05, 0) is 47.6 Å². The van der Waals surface area contributed by atoms with Crippen LogP contribution in [0.25, 0.3) is 0 Å². The molecule has 3 aromatic rings. The van der Waals surface area contributed by atoms with Crippen LogP contribution in [0, 0.1) is 5.82 Å². The minimum absolute atomic E-state index is 0.235. The fourth-order valence-electron chi connectivity index (χ4n) is 2.53. The average Bonchev–Trinajstić information content (AvgIpc) is 2.67. The second-order valence-corrected chi connectivity index (χ2v) is 6.08. The minimum Gasteiger partial charge on any atom is -0.358 e. The molecule has 25 heavy (non-hydrogen) atoms. The first-order valence-corrected chi connectivity index (χ1v) is 8.52. The monoisotopic (exact) mass is 350 g/mol. The topological polar surface area (TPSA) is 15.3 Å². The molecule has 0 saturated heterocycles. The second-order valence-electron chi connectivity index (χ2n) is 5.69. The normalized spacial score (nSPS) is 10.3. The Balaban J connectivity index is 1.74. The number of hydrogen-bond donors (Lipinski definition) is 1. The minimum atomic E-state index is -0.235. The standard InChI is InChI=1S/C21H19FN2S/c22-19-13-11-17(12-14-19)15-23-21(25)24(20-9-5-2-6-10-20)16-18-7-3-1-4-8-18/h1-14H,15-16H2,(H,23,25). The first-order chi connectivity index (χ1) is 12.2. The smallest absolute Gasteiger partial charge is 0.174 e. The Morgan fingerprint density at radius 2 is 1.40 bits per heavy atom. The van der Waals surface area contributed by atoms with E-state index in [1.165, 1.54) is 17.7 Å². The number of anilines is 1. The average molecular weight is 350 g/mol. The Hall–Kier alpha value is -2.72. The van der Waals surface area contributed by atoms with Crippen molar-refractivity contribution in [2.45, 2.75) is 13.1 Å². The van der Waals surface area contributed by atoms with Crippen molar-refractivity contribution in [3.8, 4) is 0 Å². The van der Waals surface area contributed by atoms with Gasteiger partial charge in [-0.25, -0.2) is 4.39 Å². The van der Waals surface area contributed by atoms with Crippen LogP contribution in [0.3, 0.4) is 0 Å². The lowest BCUT2D eigenvalue weighted by molar-refractivity contribution is 0.626. The van der Waals surface area contributed by atoms with E-state index in [4.69, 9.17) is 12.2 Å². The van der Waals surface area contributed by atoms with Crippen LogP contribution in [-0.2, 0) is 13.1 Å². The summed E-state index contributed by atoms with van der Waals surface area (Å²) >= 11 is 5.62. The Morgan fingerprint density at radius 1 is 0.800 bits per heavy atom. The summed E-state index contributed by atoms with van der Waals surface area (Å²) in [5, 5.41) is 3.91. The summed E-state index contributed by atoms with van der Waals surface area (Å²) in [5.41, 5.74) is 3.19. The first-order valence-electron chi connectivity index (χ1n) is 8.11. The fourth-order valence-corrected chi connectivity index (χ4v) is 2.77. The van der Waals surface area contributed by atoms with Gasteiger partial charge in [0.05, 0.1) is 6.54 Å². The van der Waals surface area contributed by atoms with Crippen molar-refractivity contribution in [2.24, 2.45) is 0 Å². The molecule has 126 valence electrons. The molecule has 4 heteroatoms.